The van der Waals surface area contributed by atoms with Crippen LogP contribution in [0.4, 0.5) is 4.39 Å². The zero-order valence-corrected chi connectivity index (χ0v) is 9.83. The second kappa shape index (κ2) is 5.27. The van der Waals surface area contributed by atoms with Gasteiger partial charge in [-0.05, 0) is 18.1 Å². The third-order valence-corrected chi connectivity index (χ3v) is 3.12. The fourth-order valence-electron chi connectivity index (χ4n) is 2.13. The fourth-order valence-corrected chi connectivity index (χ4v) is 2.13. The number of halogens is 1. The Morgan fingerprint density at radius 3 is 3.06 bits per heavy atom. The molecule has 0 bridgehead atoms. The molecular weight excluding hydrogens is 221 g/mol. The van der Waals surface area contributed by atoms with Crippen molar-refractivity contribution in [3.63, 3.8) is 0 Å². The number of ketones is 1. The Morgan fingerprint density at radius 2 is 2.35 bits per heavy atom. The van der Waals surface area contributed by atoms with Crippen molar-refractivity contribution in [1.29, 1.82) is 0 Å². The van der Waals surface area contributed by atoms with Crippen molar-refractivity contribution in [2.75, 3.05) is 20.2 Å². The first kappa shape index (κ1) is 12.0. The highest BCUT2D eigenvalue weighted by Crippen LogP contribution is 2.23. The average Bonchev–Trinajstić information content (AvgIpc) is 2.34. The van der Waals surface area contributed by atoms with Gasteiger partial charge in [0.1, 0.15) is 5.78 Å². The number of methoxy groups -OCH3 is 1. The molecule has 0 spiro atoms. The van der Waals surface area contributed by atoms with Crippen molar-refractivity contribution in [2.24, 2.45) is 5.92 Å². The number of rotatable bonds is 3. The zero-order chi connectivity index (χ0) is 12.3. The summed E-state index contributed by atoms with van der Waals surface area (Å²) in [6, 6.07) is 5.04. The Bertz CT molecular complexity index is 420. The van der Waals surface area contributed by atoms with Crippen molar-refractivity contribution in [2.45, 2.75) is 12.8 Å². The summed E-state index contributed by atoms with van der Waals surface area (Å²) < 4.78 is 18.8. The first-order valence-electron chi connectivity index (χ1n) is 5.77. The van der Waals surface area contributed by atoms with E-state index in [9.17, 15) is 9.18 Å². The summed E-state index contributed by atoms with van der Waals surface area (Å²) in [5.41, 5.74) is 0.548. The molecule has 1 aliphatic rings. The predicted molar refractivity (Wildman–Crippen MR) is 62.6 cm³/mol. The van der Waals surface area contributed by atoms with E-state index in [-0.39, 0.29) is 23.3 Å². The smallest absolute Gasteiger partial charge is 0.168 e. The maximum Gasteiger partial charge on any atom is 0.168 e. The summed E-state index contributed by atoms with van der Waals surface area (Å²) in [5, 5.41) is 3.16. The minimum absolute atomic E-state index is 0.120. The van der Waals surface area contributed by atoms with Crippen LogP contribution in [0, 0.1) is 11.7 Å². The van der Waals surface area contributed by atoms with Crippen LogP contribution in [0.15, 0.2) is 18.2 Å². The number of carbonyl (C=O) groups excluding carboxylic acids is 1. The Labute approximate surface area is 100.0 Å². The van der Waals surface area contributed by atoms with Gasteiger partial charge in [0.25, 0.3) is 0 Å². The fraction of sp³-hybridized carbons (Fsp3) is 0.462. The van der Waals surface area contributed by atoms with E-state index in [1.165, 1.54) is 7.11 Å². The molecule has 0 aliphatic carbocycles. The van der Waals surface area contributed by atoms with Crippen LogP contribution in [0.3, 0.4) is 0 Å². The molecule has 0 radical (unpaired) electrons. The minimum atomic E-state index is -0.353. The van der Waals surface area contributed by atoms with Crippen LogP contribution in [-0.2, 0) is 11.2 Å². The van der Waals surface area contributed by atoms with Crippen LogP contribution in [0.5, 0.6) is 5.75 Å². The molecular formula is C13H16FNO2. The van der Waals surface area contributed by atoms with Gasteiger partial charge >= 0.3 is 0 Å². The highest BCUT2D eigenvalue weighted by atomic mass is 19.1. The molecule has 3 nitrogen and oxygen atoms in total. The lowest BCUT2D eigenvalue weighted by Gasteiger charge is -2.22. The molecule has 0 amide bonds. The molecule has 1 atom stereocenters. The van der Waals surface area contributed by atoms with E-state index < -0.39 is 0 Å². The molecule has 2 rings (SSSR count). The first-order chi connectivity index (χ1) is 8.22. The van der Waals surface area contributed by atoms with E-state index in [2.05, 4.69) is 5.32 Å². The van der Waals surface area contributed by atoms with Gasteiger partial charge in [-0.1, -0.05) is 12.1 Å². The summed E-state index contributed by atoms with van der Waals surface area (Å²) in [4.78, 5) is 11.7. The van der Waals surface area contributed by atoms with E-state index in [1.54, 1.807) is 18.2 Å². The molecule has 1 fully saturated rings. The van der Waals surface area contributed by atoms with E-state index in [0.29, 0.717) is 24.9 Å². The largest absolute Gasteiger partial charge is 0.494 e. The maximum absolute atomic E-state index is 13.9. The van der Waals surface area contributed by atoms with Crippen LogP contribution >= 0.6 is 0 Å². The molecule has 1 aliphatic heterocycles. The number of Topliss-reactive ketones (excluding diaryl/α,β-unsaturated/α-hetero) is 1. The van der Waals surface area contributed by atoms with E-state index >= 15 is 0 Å². The molecule has 17 heavy (non-hydrogen) atoms. The number of benzene rings is 1. The van der Waals surface area contributed by atoms with Crippen LogP contribution < -0.4 is 10.1 Å². The molecule has 1 aromatic rings. The Hall–Kier alpha value is -1.42. The molecule has 1 heterocycles. The van der Waals surface area contributed by atoms with Gasteiger partial charge in [-0.15, -0.1) is 0 Å². The summed E-state index contributed by atoms with van der Waals surface area (Å²) in [5.74, 6) is -0.0246. The lowest BCUT2D eigenvalue weighted by atomic mass is 9.91. The summed E-state index contributed by atoms with van der Waals surface area (Å²) >= 11 is 0. The third-order valence-electron chi connectivity index (χ3n) is 3.12. The molecule has 4 heteroatoms. The van der Waals surface area contributed by atoms with Gasteiger partial charge in [-0.3, -0.25) is 4.79 Å². The molecule has 1 saturated heterocycles. The summed E-state index contributed by atoms with van der Waals surface area (Å²) in [6.45, 7) is 1.37. The number of hydrogen-bond acceptors (Lipinski definition) is 3. The highest BCUT2D eigenvalue weighted by molar-refractivity contribution is 5.82. The van der Waals surface area contributed by atoms with Gasteiger partial charge in [-0.2, -0.15) is 0 Å². The van der Waals surface area contributed by atoms with Gasteiger partial charge in [0.2, 0.25) is 0 Å². The van der Waals surface area contributed by atoms with Gasteiger partial charge in [0, 0.05) is 25.4 Å². The number of piperidine rings is 1. The zero-order valence-electron chi connectivity index (χ0n) is 9.83. The van der Waals surface area contributed by atoms with Crippen LogP contribution in [0.1, 0.15) is 12.0 Å². The molecule has 1 N–H and O–H groups in total. The SMILES string of the molecule is COc1cccc(CC2CNCCC2=O)c1F. The normalized spacial score (nSPS) is 20.4. The monoisotopic (exact) mass is 237 g/mol. The van der Waals surface area contributed by atoms with E-state index in [1.807, 2.05) is 0 Å². The highest BCUT2D eigenvalue weighted by Gasteiger charge is 2.23. The quantitative estimate of drug-likeness (QED) is 0.867. The van der Waals surface area contributed by atoms with Crippen molar-refractivity contribution < 1.29 is 13.9 Å². The van der Waals surface area contributed by atoms with Crippen molar-refractivity contribution in [1.82, 2.24) is 5.32 Å². The molecule has 92 valence electrons. The van der Waals surface area contributed by atoms with Crippen molar-refractivity contribution >= 4 is 5.78 Å². The lowest BCUT2D eigenvalue weighted by Crippen LogP contribution is -2.38. The van der Waals surface area contributed by atoms with Crippen molar-refractivity contribution in [3.8, 4) is 5.75 Å². The first-order valence-corrected chi connectivity index (χ1v) is 5.77. The minimum Gasteiger partial charge on any atom is -0.494 e. The topological polar surface area (TPSA) is 38.3 Å². The Balaban J connectivity index is 2.15. The maximum atomic E-state index is 13.9. The van der Waals surface area contributed by atoms with Crippen molar-refractivity contribution in [3.05, 3.63) is 29.6 Å². The number of ether oxygens (including phenoxy) is 1. The van der Waals surface area contributed by atoms with E-state index in [0.717, 1.165) is 6.54 Å². The molecule has 0 aromatic heterocycles. The van der Waals surface area contributed by atoms with Gasteiger partial charge in [0.15, 0.2) is 11.6 Å². The van der Waals surface area contributed by atoms with Gasteiger partial charge in [0.05, 0.1) is 7.11 Å². The van der Waals surface area contributed by atoms with Gasteiger partial charge in [-0.25, -0.2) is 4.39 Å². The van der Waals surface area contributed by atoms with E-state index in [4.69, 9.17) is 4.74 Å². The summed E-state index contributed by atoms with van der Waals surface area (Å²) in [7, 11) is 1.44. The number of nitrogens with one attached hydrogen (secondary N) is 1. The number of carbonyl (C=O) groups is 1. The standard InChI is InChI=1S/C13H16FNO2/c1-17-12-4-2-3-9(13(12)14)7-10-8-15-6-5-11(10)16/h2-4,10,15H,5-8H2,1H3. The lowest BCUT2D eigenvalue weighted by molar-refractivity contribution is -0.123. The Morgan fingerprint density at radius 1 is 1.53 bits per heavy atom. The molecule has 0 saturated carbocycles. The third kappa shape index (κ3) is 2.64. The average molecular weight is 237 g/mol. The predicted octanol–water partition coefficient (Wildman–Crippen LogP) is 1.56. The molecule has 1 unspecified atom stereocenters. The van der Waals surface area contributed by atoms with Gasteiger partial charge < -0.3 is 10.1 Å². The van der Waals surface area contributed by atoms with Crippen LogP contribution in [0.25, 0.3) is 0 Å². The summed E-state index contributed by atoms with van der Waals surface area (Å²) in [6.07, 6.45) is 0.977. The van der Waals surface area contributed by atoms with Crippen LogP contribution in [-0.4, -0.2) is 26.0 Å². The number of hydrogen-bond donors (Lipinski definition) is 1. The second-order valence-electron chi connectivity index (χ2n) is 4.25. The molecule has 1 aromatic carbocycles. The van der Waals surface area contributed by atoms with Crippen LogP contribution in [0.2, 0.25) is 0 Å². The Kier molecular flexibility index (Phi) is 3.74. The second-order valence-corrected chi connectivity index (χ2v) is 4.25.